The Labute approximate surface area is 216 Å². The number of hydrogen-bond donors (Lipinski definition) is 1. The Morgan fingerprint density at radius 3 is 2.41 bits per heavy atom. The van der Waals surface area contributed by atoms with Crippen LogP contribution in [0.1, 0.15) is 16.7 Å². The summed E-state index contributed by atoms with van der Waals surface area (Å²) < 4.78 is 7.77. The summed E-state index contributed by atoms with van der Waals surface area (Å²) >= 11 is 10.6. The zero-order chi connectivity index (χ0) is 23.1. The van der Waals surface area contributed by atoms with Crippen molar-refractivity contribution in [3.8, 4) is 5.75 Å². The van der Waals surface area contributed by atoms with Crippen LogP contribution in [0.15, 0.2) is 65.8 Å². The molecule has 0 saturated heterocycles. The quantitative estimate of drug-likeness (QED) is 0.143. The van der Waals surface area contributed by atoms with E-state index in [0.29, 0.717) is 17.2 Å². The SMILES string of the molecule is O=C(Cc1ccc([N+](=O)[O-])cc1)N/N=C\c1cc(I)c(OCc2ccccc2Cl)c(I)c1. The van der Waals surface area contributed by atoms with E-state index in [-0.39, 0.29) is 18.0 Å². The lowest BCUT2D eigenvalue weighted by atomic mass is 10.1. The third-order valence-electron chi connectivity index (χ3n) is 4.27. The lowest BCUT2D eigenvalue weighted by Gasteiger charge is -2.12. The van der Waals surface area contributed by atoms with Gasteiger partial charge in [0, 0.05) is 22.7 Å². The standard InChI is InChI=1S/C22H16ClI2N3O4/c23-18-4-2-1-3-16(18)13-32-22-19(24)9-15(10-20(22)25)12-26-27-21(29)11-14-5-7-17(8-6-14)28(30)31/h1-10,12H,11,13H2,(H,27,29)/b26-12-. The summed E-state index contributed by atoms with van der Waals surface area (Å²) in [6.45, 7) is 0.359. The maximum atomic E-state index is 12.1. The highest BCUT2D eigenvalue weighted by Gasteiger charge is 2.10. The predicted octanol–water partition coefficient (Wildman–Crippen LogP) is 5.73. The Morgan fingerprint density at radius 1 is 1.12 bits per heavy atom. The van der Waals surface area contributed by atoms with Crippen LogP contribution in [0.4, 0.5) is 5.69 Å². The van der Waals surface area contributed by atoms with Crippen LogP contribution in [0.5, 0.6) is 5.75 Å². The van der Waals surface area contributed by atoms with Crippen LogP contribution < -0.4 is 10.2 Å². The molecule has 1 N–H and O–H groups in total. The second kappa shape index (κ2) is 11.6. The van der Waals surface area contributed by atoms with Gasteiger partial charge in [-0.2, -0.15) is 5.10 Å². The zero-order valence-electron chi connectivity index (χ0n) is 16.4. The topological polar surface area (TPSA) is 93.8 Å². The molecule has 3 aromatic rings. The summed E-state index contributed by atoms with van der Waals surface area (Å²) in [4.78, 5) is 22.3. The fourth-order valence-electron chi connectivity index (χ4n) is 2.70. The smallest absolute Gasteiger partial charge is 0.269 e. The molecule has 0 aliphatic carbocycles. The first-order valence-corrected chi connectivity index (χ1v) is 11.8. The average Bonchev–Trinajstić information content (AvgIpc) is 2.74. The summed E-state index contributed by atoms with van der Waals surface area (Å²) in [7, 11) is 0. The molecule has 0 radical (unpaired) electrons. The number of nitrogens with one attached hydrogen (secondary N) is 1. The third-order valence-corrected chi connectivity index (χ3v) is 6.24. The Kier molecular flexibility index (Phi) is 8.82. The molecule has 3 aromatic carbocycles. The number of non-ortho nitro benzene ring substituents is 1. The maximum absolute atomic E-state index is 12.1. The van der Waals surface area contributed by atoms with Crippen LogP contribution in [-0.2, 0) is 17.8 Å². The average molecular weight is 676 g/mol. The molecular weight excluding hydrogens is 660 g/mol. The molecule has 1 amide bonds. The van der Waals surface area contributed by atoms with Crippen LogP contribution in [0.2, 0.25) is 5.02 Å². The van der Waals surface area contributed by atoms with E-state index >= 15 is 0 Å². The summed E-state index contributed by atoms with van der Waals surface area (Å²) in [6, 6.07) is 17.2. The van der Waals surface area contributed by atoms with Crippen LogP contribution in [-0.4, -0.2) is 17.0 Å². The van der Waals surface area contributed by atoms with Gasteiger partial charge < -0.3 is 4.74 Å². The fraction of sp³-hybridized carbons (Fsp3) is 0.0909. The van der Waals surface area contributed by atoms with Gasteiger partial charge in [-0.3, -0.25) is 14.9 Å². The van der Waals surface area contributed by atoms with Gasteiger partial charge in [-0.05, 0) is 74.5 Å². The number of hydrazone groups is 1. The third kappa shape index (κ3) is 6.87. The molecule has 10 heteroatoms. The molecule has 0 aliphatic heterocycles. The molecule has 0 unspecified atom stereocenters. The number of nitro groups is 1. The molecule has 3 rings (SSSR count). The molecular formula is C22H16ClI2N3O4. The number of rotatable bonds is 8. The van der Waals surface area contributed by atoms with Crippen molar-refractivity contribution >= 4 is 74.6 Å². The van der Waals surface area contributed by atoms with Crippen LogP contribution >= 0.6 is 56.8 Å². The van der Waals surface area contributed by atoms with Gasteiger partial charge in [0.25, 0.3) is 5.69 Å². The highest BCUT2D eigenvalue weighted by molar-refractivity contribution is 14.1. The van der Waals surface area contributed by atoms with Gasteiger partial charge in [0.2, 0.25) is 5.91 Å². The van der Waals surface area contributed by atoms with E-state index in [1.54, 1.807) is 18.3 Å². The van der Waals surface area contributed by atoms with Crippen molar-refractivity contribution in [1.29, 1.82) is 0 Å². The molecule has 0 heterocycles. The van der Waals surface area contributed by atoms with Crippen molar-refractivity contribution < 1.29 is 14.5 Å². The van der Waals surface area contributed by atoms with Crippen LogP contribution in [0, 0.1) is 17.3 Å². The first-order chi connectivity index (χ1) is 15.3. The number of nitrogens with zero attached hydrogens (tertiary/aromatic N) is 2. The van der Waals surface area contributed by atoms with E-state index in [0.717, 1.165) is 24.0 Å². The molecule has 0 fully saturated rings. The number of carbonyl (C=O) groups excluding carboxylic acids is 1. The zero-order valence-corrected chi connectivity index (χ0v) is 21.5. The first kappa shape index (κ1) is 24.4. The second-order valence-corrected chi connectivity index (χ2v) is 9.32. The van der Waals surface area contributed by atoms with Gasteiger partial charge in [0.15, 0.2) is 0 Å². The summed E-state index contributed by atoms with van der Waals surface area (Å²) in [5.74, 6) is 0.435. The second-order valence-electron chi connectivity index (χ2n) is 6.59. The Hall–Kier alpha value is -2.25. The molecule has 0 bridgehead atoms. The minimum Gasteiger partial charge on any atom is -0.487 e. The lowest BCUT2D eigenvalue weighted by molar-refractivity contribution is -0.384. The lowest BCUT2D eigenvalue weighted by Crippen LogP contribution is -2.19. The Morgan fingerprint density at radius 2 is 1.78 bits per heavy atom. The van der Waals surface area contributed by atoms with Gasteiger partial charge in [0.05, 0.1) is 24.7 Å². The van der Waals surface area contributed by atoms with Crippen molar-refractivity contribution in [2.75, 3.05) is 0 Å². The summed E-state index contributed by atoms with van der Waals surface area (Å²) in [5.41, 5.74) is 4.82. The number of benzene rings is 3. The monoisotopic (exact) mass is 675 g/mol. The van der Waals surface area contributed by atoms with E-state index in [2.05, 4.69) is 55.7 Å². The molecule has 0 aromatic heterocycles. The number of hydrogen-bond acceptors (Lipinski definition) is 5. The number of amides is 1. The number of halogens is 3. The molecule has 164 valence electrons. The van der Waals surface area contributed by atoms with E-state index in [1.165, 1.54) is 12.1 Å². The van der Waals surface area contributed by atoms with Crippen molar-refractivity contribution in [1.82, 2.24) is 5.43 Å². The molecule has 0 atom stereocenters. The maximum Gasteiger partial charge on any atom is 0.269 e. The van der Waals surface area contributed by atoms with Crippen molar-refractivity contribution in [3.05, 3.63) is 99.6 Å². The Bertz CT molecular complexity index is 1150. The molecule has 0 aliphatic rings. The largest absolute Gasteiger partial charge is 0.487 e. The van der Waals surface area contributed by atoms with Crippen molar-refractivity contribution in [3.63, 3.8) is 0 Å². The van der Waals surface area contributed by atoms with Crippen molar-refractivity contribution in [2.45, 2.75) is 13.0 Å². The van der Waals surface area contributed by atoms with Gasteiger partial charge >= 0.3 is 0 Å². The molecule has 0 saturated carbocycles. The minimum absolute atomic E-state index is 0.0179. The van der Waals surface area contributed by atoms with Gasteiger partial charge in [-0.25, -0.2) is 5.43 Å². The normalized spacial score (nSPS) is 10.8. The van der Waals surface area contributed by atoms with E-state index < -0.39 is 4.92 Å². The molecule has 0 spiro atoms. The Balaban J connectivity index is 1.58. The van der Waals surface area contributed by atoms with Crippen molar-refractivity contribution in [2.24, 2.45) is 5.10 Å². The van der Waals surface area contributed by atoms with E-state index in [4.69, 9.17) is 16.3 Å². The number of ether oxygens (including phenoxy) is 1. The van der Waals surface area contributed by atoms with Gasteiger partial charge in [-0.15, -0.1) is 0 Å². The predicted molar refractivity (Wildman–Crippen MR) is 140 cm³/mol. The minimum atomic E-state index is -0.482. The van der Waals surface area contributed by atoms with Gasteiger partial charge in [-0.1, -0.05) is 41.9 Å². The summed E-state index contributed by atoms with van der Waals surface area (Å²) in [5, 5.41) is 15.3. The van der Waals surface area contributed by atoms with E-state index in [1.807, 2.05) is 36.4 Å². The highest BCUT2D eigenvalue weighted by Crippen LogP contribution is 2.30. The number of nitro benzene ring substituents is 1. The molecule has 32 heavy (non-hydrogen) atoms. The van der Waals surface area contributed by atoms with E-state index in [9.17, 15) is 14.9 Å². The van der Waals surface area contributed by atoms with Gasteiger partial charge in [0.1, 0.15) is 12.4 Å². The number of carbonyl (C=O) groups is 1. The van der Waals surface area contributed by atoms with Crippen LogP contribution in [0.25, 0.3) is 0 Å². The fourth-order valence-corrected chi connectivity index (χ4v) is 5.01. The molecule has 7 nitrogen and oxygen atoms in total. The highest BCUT2D eigenvalue weighted by atomic mass is 127. The summed E-state index contributed by atoms with van der Waals surface area (Å²) in [6.07, 6.45) is 1.62. The first-order valence-electron chi connectivity index (χ1n) is 9.24. The van der Waals surface area contributed by atoms with Crippen LogP contribution in [0.3, 0.4) is 0 Å².